The first-order chi connectivity index (χ1) is 7.74. The van der Waals surface area contributed by atoms with Gasteiger partial charge in [-0.05, 0) is 12.1 Å². The molecule has 0 aromatic heterocycles. The number of hydrogen-bond donors (Lipinski definition) is 4. The first-order valence-electron chi connectivity index (χ1n) is 4.75. The number of rotatable bonds is 6. The fraction of sp³-hybridized carbons (Fsp3) is 0.333. The summed E-state index contributed by atoms with van der Waals surface area (Å²) < 4.78 is 0. The number of aromatic hydroxyl groups is 1. The molecule has 7 heteroatoms. The molecule has 16 heavy (non-hydrogen) atoms. The molecule has 90 valence electrons. The molecule has 0 saturated heterocycles. The molecule has 1 aromatic rings. The van der Waals surface area contributed by atoms with Crippen molar-refractivity contribution in [2.75, 3.05) is 25.9 Å². The van der Waals surface area contributed by atoms with Crippen molar-refractivity contribution in [3.05, 3.63) is 18.2 Å². The van der Waals surface area contributed by atoms with E-state index in [1.807, 2.05) is 6.07 Å². The van der Waals surface area contributed by atoms with Crippen LogP contribution in [0.15, 0.2) is 18.2 Å². The van der Waals surface area contributed by atoms with Crippen molar-refractivity contribution in [2.24, 2.45) is 5.73 Å². The average Bonchev–Trinajstić information content (AvgIpc) is 2.29. The average molecular weight is 230 g/mol. The number of anilines is 1. The Morgan fingerprint density at radius 1 is 1.38 bits per heavy atom. The SMILES string of the molecule is CO[NH2+]c1c(O)cccc1N(CN)[NH2+]OC. The molecule has 0 amide bonds. The van der Waals surface area contributed by atoms with Crippen LogP contribution in [0.2, 0.25) is 0 Å². The highest BCUT2D eigenvalue weighted by molar-refractivity contribution is 5.66. The van der Waals surface area contributed by atoms with E-state index in [1.165, 1.54) is 25.3 Å². The normalized spacial score (nSPS) is 10.4. The van der Waals surface area contributed by atoms with Gasteiger partial charge in [-0.15, -0.1) is 5.59 Å². The van der Waals surface area contributed by atoms with Gasteiger partial charge in [0.1, 0.15) is 6.67 Å². The van der Waals surface area contributed by atoms with Gasteiger partial charge in [-0.2, -0.15) is 15.3 Å². The molecule has 1 aromatic carbocycles. The molecule has 7 N–H and O–H groups in total. The van der Waals surface area contributed by atoms with Gasteiger partial charge in [-0.3, -0.25) is 0 Å². The lowest BCUT2D eigenvalue weighted by Gasteiger charge is -2.18. The molecule has 0 aliphatic carbocycles. The summed E-state index contributed by atoms with van der Waals surface area (Å²) in [6.45, 7) is 0.238. The van der Waals surface area contributed by atoms with Crippen molar-refractivity contribution in [1.82, 2.24) is 0 Å². The third kappa shape index (κ3) is 2.81. The predicted molar refractivity (Wildman–Crippen MR) is 57.2 cm³/mol. The second-order valence-electron chi connectivity index (χ2n) is 3.06. The van der Waals surface area contributed by atoms with Crippen molar-refractivity contribution in [3.63, 3.8) is 0 Å². The van der Waals surface area contributed by atoms with Crippen LogP contribution in [-0.2, 0) is 9.68 Å². The van der Waals surface area contributed by atoms with Crippen molar-refractivity contribution < 1.29 is 25.9 Å². The summed E-state index contributed by atoms with van der Waals surface area (Å²) in [6.07, 6.45) is 0. The summed E-state index contributed by atoms with van der Waals surface area (Å²) in [4.78, 5) is 9.82. The Labute approximate surface area is 93.6 Å². The van der Waals surface area contributed by atoms with Crippen LogP contribution in [0.25, 0.3) is 0 Å². The molecule has 0 bridgehead atoms. The van der Waals surface area contributed by atoms with E-state index in [0.29, 0.717) is 11.4 Å². The number of phenolic OH excluding ortho intramolecular Hbond substituents is 1. The van der Waals surface area contributed by atoms with Gasteiger partial charge >= 0.3 is 0 Å². The van der Waals surface area contributed by atoms with Crippen molar-refractivity contribution in [1.29, 1.82) is 0 Å². The molecule has 0 aliphatic rings. The van der Waals surface area contributed by atoms with E-state index in [-0.39, 0.29) is 12.4 Å². The lowest BCUT2D eigenvalue weighted by Crippen LogP contribution is -2.94. The highest BCUT2D eigenvalue weighted by Crippen LogP contribution is 2.28. The van der Waals surface area contributed by atoms with Gasteiger partial charge in [0.05, 0.1) is 14.2 Å². The monoisotopic (exact) mass is 230 g/mol. The topological polar surface area (TPSA) is 101 Å². The second-order valence-corrected chi connectivity index (χ2v) is 3.06. The third-order valence-electron chi connectivity index (χ3n) is 2.03. The van der Waals surface area contributed by atoms with Gasteiger partial charge in [0.25, 0.3) is 0 Å². The lowest BCUT2D eigenvalue weighted by atomic mass is 10.2. The van der Waals surface area contributed by atoms with E-state index < -0.39 is 0 Å². The molecule has 0 spiro atoms. The van der Waals surface area contributed by atoms with Crippen LogP contribution in [0.4, 0.5) is 11.4 Å². The standard InChI is InChI=1S/C9H16N4O3/c1-15-11-9-7(4-3-5-8(9)14)13(6-10)12-16-2/h3-5,11-12,14H,6,10H2,1-2H3/p+2. The highest BCUT2D eigenvalue weighted by Gasteiger charge is 2.19. The molecule has 0 radical (unpaired) electrons. The molecule has 1 rings (SSSR count). The Morgan fingerprint density at radius 3 is 2.69 bits per heavy atom. The fourth-order valence-corrected chi connectivity index (χ4v) is 1.36. The highest BCUT2D eigenvalue weighted by atomic mass is 16.7. The summed E-state index contributed by atoms with van der Waals surface area (Å²) in [5.74, 6) is 0.127. The number of phenols is 1. The van der Waals surface area contributed by atoms with E-state index in [0.717, 1.165) is 0 Å². The largest absolute Gasteiger partial charge is 0.503 e. The van der Waals surface area contributed by atoms with Crippen LogP contribution in [0, 0.1) is 0 Å². The second kappa shape index (κ2) is 6.26. The first kappa shape index (κ1) is 12.7. The first-order valence-corrected chi connectivity index (χ1v) is 4.75. The van der Waals surface area contributed by atoms with Gasteiger partial charge in [0.2, 0.25) is 5.69 Å². The predicted octanol–water partition coefficient (Wildman–Crippen LogP) is -2.09. The maximum atomic E-state index is 9.70. The van der Waals surface area contributed by atoms with Crippen molar-refractivity contribution >= 4 is 11.4 Å². The van der Waals surface area contributed by atoms with E-state index in [2.05, 4.69) is 0 Å². The summed E-state index contributed by atoms with van der Waals surface area (Å²) >= 11 is 0. The zero-order chi connectivity index (χ0) is 12.0. The summed E-state index contributed by atoms with van der Waals surface area (Å²) in [7, 11) is 3.05. The maximum absolute atomic E-state index is 9.70. The molecular weight excluding hydrogens is 212 g/mol. The quantitative estimate of drug-likeness (QED) is 0.148. The molecule has 0 atom stereocenters. The molecule has 0 saturated carbocycles. The van der Waals surface area contributed by atoms with E-state index in [4.69, 9.17) is 15.4 Å². The third-order valence-corrected chi connectivity index (χ3v) is 2.03. The van der Waals surface area contributed by atoms with Crippen LogP contribution in [-0.4, -0.2) is 26.0 Å². The number of benzene rings is 1. The Morgan fingerprint density at radius 2 is 2.12 bits per heavy atom. The number of nitrogens with zero attached hydrogens (tertiary/aromatic N) is 1. The summed E-state index contributed by atoms with van der Waals surface area (Å²) in [5.41, 5.74) is 9.79. The van der Waals surface area contributed by atoms with E-state index in [9.17, 15) is 5.11 Å². The van der Waals surface area contributed by atoms with Crippen molar-refractivity contribution in [2.45, 2.75) is 0 Å². The summed E-state index contributed by atoms with van der Waals surface area (Å²) in [6, 6.07) is 5.12. The van der Waals surface area contributed by atoms with Crippen LogP contribution in [0.1, 0.15) is 0 Å². The molecule has 0 unspecified atom stereocenters. The molecule has 7 nitrogen and oxygen atoms in total. The number of nitrogens with two attached hydrogens (primary N) is 3. The zero-order valence-corrected chi connectivity index (χ0v) is 9.38. The Kier molecular flexibility index (Phi) is 4.96. The molecule has 0 heterocycles. The smallest absolute Gasteiger partial charge is 0.233 e. The molecule has 0 aliphatic heterocycles. The van der Waals surface area contributed by atoms with Crippen LogP contribution in [0.5, 0.6) is 5.75 Å². The van der Waals surface area contributed by atoms with Gasteiger partial charge in [-0.25, -0.2) is 4.84 Å². The number of hydrogen-bond acceptors (Lipinski definition) is 5. The maximum Gasteiger partial charge on any atom is 0.233 e. The summed E-state index contributed by atoms with van der Waals surface area (Å²) in [5, 5.41) is 11.4. The van der Waals surface area contributed by atoms with E-state index >= 15 is 0 Å². The number of quaternary nitrogens is 2. The fourth-order valence-electron chi connectivity index (χ4n) is 1.36. The van der Waals surface area contributed by atoms with Crippen LogP contribution >= 0.6 is 0 Å². The zero-order valence-electron chi connectivity index (χ0n) is 9.38. The van der Waals surface area contributed by atoms with Crippen LogP contribution in [0.3, 0.4) is 0 Å². The van der Waals surface area contributed by atoms with Gasteiger partial charge in [0, 0.05) is 0 Å². The lowest BCUT2D eigenvalue weighted by molar-refractivity contribution is -0.898. The van der Waals surface area contributed by atoms with Gasteiger partial charge in [0.15, 0.2) is 11.4 Å². The van der Waals surface area contributed by atoms with Crippen molar-refractivity contribution in [3.8, 4) is 5.75 Å². The van der Waals surface area contributed by atoms with Crippen LogP contribution < -0.4 is 21.8 Å². The Hall–Kier alpha value is -1.38. The Bertz CT molecular complexity index is 335. The van der Waals surface area contributed by atoms with E-state index in [1.54, 1.807) is 17.1 Å². The minimum atomic E-state index is 0.127. The van der Waals surface area contributed by atoms with Gasteiger partial charge in [-0.1, -0.05) is 6.07 Å². The Balaban J connectivity index is 3.04. The molecule has 0 fully saturated rings. The minimum Gasteiger partial charge on any atom is -0.503 e. The molecular formula is C9H18N4O3+2. The minimum absolute atomic E-state index is 0.127. The van der Waals surface area contributed by atoms with Gasteiger partial charge < -0.3 is 10.8 Å².